The molecule has 4 saturated carbocycles. The van der Waals surface area contributed by atoms with Crippen molar-refractivity contribution in [1.82, 2.24) is 5.32 Å². The average molecular weight is 343 g/mol. The van der Waals surface area contributed by atoms with Gasteiger partial charge in [-0.15, -0.1) is 0 Å². The summed E-state index contributed by atoms with van der Waals surface area (Å²) in [5.41, 5.74) is 0.0258. The standard InChI is InChI=1S/C21H29NO3/c23-15-20-10-16-9-17(11-20)13-21(12-16,14-20)22-19(24)7-4-8-25-18-5-2-1-3-6-18/h1-3,5-6,16-17,23H,4,7-15H2,(H,22,24). The van der Waals surface area contributed by atoms with E-state index in [-0.39, 0.29) is 23.5 Å². The van der Waals surface area contributed by atoms with Crippen molar-refractivity contribution in [2.75, 3.05) is 13.2 Å². The molecule has 5 rings (SSSR count). The molecular formula is C21H29NO3. The van der Waals surface area contributed by atoms with Gasteiger partial charge in [-0.25, -0.2) is 0 Å². The van der Waals surface area contributed by atoms with E-state index in [1.807, 2.05) is 30.3 Å². The molecule has 0 spiro atoms. The van der Waals surface area contributed by atoms with Gasteiger partial charge in [0.1, 0.15) is 5.75 Å². The van der Waals surface area contributed by atoms with Crippen molar-refractivity contribution in [2.24, 2.45) is 17.3 Å². The molecule has 0 heterocycles. The van der Waals surface area contributed by atoms with Crippen molar-refractivity contribution in [3.05, 3.63) is 30.3 Å². The minimum Gasteiger partial charge on any atom is -0.494 e. The number of hydrogen-bond acceptors (Lipinski definition) is 3. The van der Waals surface area contributed by atoms with E-state index in [1.54, 1.807) is 0 Å². The van der Waals surface area contributed by atoms with E-state index >= 15 is 0 Å². The number of rotatable bonds is 7. The molecule has 2 atom stereocenters. The summed E-state index contributed by atoms with van der Waals surface area (Å²) in [4.78, 5) is 12.5. The van der Waals surface area contributed by atoms with Crippen LogP contribution in [0.4, 0.5) is 0 Å². The first-order valence-electron chi connectivity index (χ1n) is 9.70. The third-order valence-electron chi connectivity index (χ3n) is 6.48. The first kappa shape index (κ1) is 16.9. The van der Waals surface area contributed by atoms with Gasteiger partial charge < -0.3 is 15.2 Å². The molecule has 4 fully saturated rings. The Morgan fingerprint density at radius 2 is 1.88 bits per heavy atom. The number of ether oxygens (including phenoxy) is 1. The van der Waals surface area contributed by atoms with Crippen LogP contribution in [0.15, 0.2) is 30.3 Å². The van der Waals surface area contributed by atoms with E-state index in [0.29, 0.717) is 24.9 Å². The van der Waals surface area contributed by atoms with Gasteiger partial charge in [0.25, 0.3) is 0 Å². The predicted octanol–water partition coefficient (Wildman–Crippen LogP) is 3.29. The molecule has 4 bridgehead atoms. The Kier molecular flexibility index (Phi) is 4.48. The summed E-state index contributed by atoms with van der Waals surface area (Å²) in [6.07, 6.45) is 8.03. The Bertz CT molecular complexity index is 601. The maximum Gasteiger partial charge on any atom is 0.220 e. The van der Waals surface area contributed by atoms with E-state index in [1.165, 1.54) is 6.42 Å². The topological polar surface area (TPSA) is 58.6 Å². The molecular weight excluding hydrogens is 314 g/mol. The van der Waals surface area contributed by atoms with Crippen molar-refractivity contribution >= 4 is 5.91 Å². The fourth-order valence-corrected chi connectivity index (χ4v) is 6.08. The second kappa shape index (κ2) is 6.64. The Balaban J connectivity index is 1.28. The van der Waals surface area contributed by atoms with Crippen LogP contribution < -0.4 is 10.1 Å². The number of hydrogen-bond donors (Lipinski definition) is 2. The minimum atomic E-state index is -0.0514. The Hall–Kier alpha value is -1.55. The molecule has 0 aromatic heterocycles. The maximum atomic E-state index is 12.5. The molecule has 1 aromatic carbocycles. The van der Waals surface area contributed by atoms with Crippen LogP contribution in [0.5, 0.6) is 5.75 Å². The van der Waals surface area contributed by atoms with Crippen LogP contribution in [0.1, 0.15) is 51.4 Å². The summed E-state index contributed by atoms with van der Waals surface area (Å²) in [5.74, 6) is 2.38. The lowest BCUT2D eigenvalue weighted by Crippen LogP contribution is -2.63. The Labute approximate surface area is 150 Å². The number of carbonyl (C=O) groups is 1. The van der Waals surface area contributed by atoms with Crippen LogP contribution in [0, 0.1) is 17.3 Å². The zero-order valence-electron chi connectivity index (χ0n) is 14.9. The lowest BCUT2D eigenvalue weighted by Gasteiger charge is -2.61. The SMILES string of the molecule is O=C(CCCOc1ccccc1)NC12CC3CC(CC(CO)(C3)C1)C2. The first-order chi connectivity index (χ1) is 12.1. The number of aliphatic hydroxyl groups is 1. The van der Waals surface area contributed by atoms with Gasteiger partial charge in [0.15, 0.2) is 0 Å². The van der Waals surface area contributed by atoms with Crippen molar-refractivity contribution in [3.63, 3.8) is 0 Å². The summed E-state index contributed by atoms with van der Waals surface area (Å²) in [6.45, 7) is 0.846. The van der Waals surface area contributed by atoms with Crippen molar-refractivity contribution in [3.8, 4) is 5.75 Å². The van der Waals surface area contributed by atoms with Gasteiger partial charge in [0, 0.05) is 18.6 Å². The zero-order valence-corrected chi connectivity index (χ0v) is 14.9. The van der Waals surface area contributed by atoms with E-state index in [9.17, 15) is 9.90 Å². The van der Waals surface area contributed by atoms with Crippen LogP contribution >= 0.6 is 0 Å². The molecule has 0 saturated heterocycles. The summed E-state index contributed by atoms with van der Waals surface area (Å²) < 4.78 is 5.67. The summed E-state index contributed by atoms with van der Waals surface area (Å²) in [7, 11) is 0. The van der Waals surface area contributed by atoms with Crippen LogP contribution in [0.25, 0.3) is 0 Å². The van der Waals surface area contributed by atoms with Crippen LogP contribution in [0.2, 0.25) is 0 Å². The van der Waals surface area contributed by atoms with E-state index in [2.05, 4.69) is 5.32 Å². The number of amides is 1. The molecule has 1 aromatic rings. The highest BCUT2D eigenvalue weighted by atomic mass is 16.5. The average Bonchev–Trinajstić information content (AvgIpc) is 2.58. The first-order valence-corrected chi connectivity index (χ1v) is 9.70. The number of carbonyl (C=O) groups excluding carboxylic acids is 1. The Morgan fingerprint density at radius 1 is 1.16 bits per heavy atom. The molecule has 4 aliphatic rings. The molecule has 2 unspecified atom stereocenters. The lowest BCUT2D eigenvalue weighted by atomic mass is 9.47. The molecule has 136 valence electrons. The number of para-hydroxylation sites is 1. The fourth-order valence-electron chi connectivity index (χ4n) is 6.08. The summed E-state index contributed by atoms with van der Waals surface area (Å²) in [5, 5.41) is 13.3. The van der Waals surface area contributed by atoms with Gasteiger partial charge in [-0.3, -0.25) is 4.79 Å². The van der Waals surface area contributed by atoms with Crippen LogP contribution in [0.3, 0.4) is 0 Å². The quantitative estimate of drug-likeness (QED) is 0.747. The van der Waals surface area contributed by atoms with Gasteiger partial charge >= 0.3 is 0 Å². The van der Waals surface area contributed by atoms with Crippen molar-refractivity contribution in [2.45, 2.75) is 56.9 Å². The number of nitrogens with one attached hydrogen (secondary N) is 1. The molecule has 0 aliphatic heterocycles. The van der Waals surface area contributed by atoms with Crippen molar-refractivity contribution < 1.29 is 14.6 Å². The van der Waals surface area contributed by atoms with E-state index in [4.69, 9.17) is 4.74 Å². The molecule has 2 N–H and O–H groups in total. The molecule has 4 aliphatic carbocycles. The largest absolute Gasteiger partial charge is 0.494 e. The zero-order chi connectivity index (χ0) is 17.3. The molecule has 4 heteroatoms. The van der Waals surface area contributed by atoms with Gasteiger partial charge in [-0.2, -0.15) is 0 Å². The number of benzene rings is 1. The maximum absolute atomic E-state index is 12.5. The number of aliphatic hydroxyl groups excluding tert-OH is 1. The van der Waals surface area contributed by atoms with E-state index in [0.717, 1.165) is 44.3 Å². The molecule has 0 radical (unpaired) electrons. The van der Waals surface area contributed by atoms with Crippen LogP contribution in [-0.4, -0.2) is 29.8 Å². The fraction of sp³-hybridized carbons (Fsp3) is 0.667. The monoisotopic (exact) mass is 343 g/mol. The highest BCUT2D eigenvalue weighted by Crippen LogP contribution is 2.61. The second-order valence-electron chi connectivity index (χ2n) is 8.71. The molecule has 1 amide bonds. The van der Waals surface area contributed by atoms with Gasteiger partial charge in [0.2, 0.25) is 5.91 Å². The highest BCUT2D eigenvalue weighted by Gasteiger charge is 2.57. The lowest BCUT2D eigenvalue weighted by molar-refractivity contribution is -0.135. The Morgan fingerprint density at radius 3 is 2.56 bits per heavy atom. The smallest absolute Gasteiger partial charge is 0.220 e. The third-order valence-corrected chi connectivity index (χ3v) is 6.48. The highest BCUT2D eigenvalue weighted by molar-refractivity contribution is 5.76. The second-order valence-corrected chi connectivity index (χ2v) is 8.71. The van der Waals surface area contributed by atoms with Gasteiger partial charge in [-0.05, 0) is 74.3 Å². The van der Waals surface area contributed by atoms with E-state index < -0.39 is 0 Å². The van der Waals surface area contributed by atoms with Crippen molar-refractivity contribution in [1.29, 1.82) is 0 Å². The van der Waals surface area contributed by atoms with Gasteiger partial charge in [0.05, 0.1) is 6.61 Å². The molecule has 25 heavy (non-hydrogen) atoms. The van der Waals surface area contributed by atoms with Crippen LogP contribution in [-0.2, 0) is 4.79 Å². The molecule has 4 nitrogen and oxygen atoms in total. The van der Waals surface area contributed by atoms with Gasteiger partial charge in [-0.1, -0.05) is 18.2 Å². The third kappa shape index (κ3) is 3.55. The summed E-state index contributed by atoms with van der Waals surface area (Å²) in [6, 6.07) is 9.73. The predicted molar refractivity (Wildman–Crippen MR) is 96.2 cm³/mol. The summed E-state index contributed by atoms with van der Waals surface area (Å²) >= 11 is 0. The minimum absolute atomic E-state index is 0.0514. The normalized spacial score (nSPS) is 35.6.